The molecule has 1 unspecified atom stereocenters. The average molecular weight is 308 g/mol. The first-order chi connectivity index (χ1) is 10.5. The van der Waals surface area contributed by atoms with Gasteiger partial charge in [0.05, 0.1) is 0 Å². The summed E-state index contributed by atoms with van der Waals surface area (Å²) in [5, 5.41) is 11.2. The molecule has 22 heavy (non-hydrogen) atoms. The van der Waals surface area contributed by atoms with Crippen LogP contribution in [0.15, 0.2) is 24.3 Å². The Hall–Kier alpha value is -2.41. The monoisotopic (exact) mass is 308 g/mol. The molecule has 7 heteroatoms. The van der Waals surface area contributed by atoms with Gasteiger partial charge in [-0.25, -0.2) is 4.79 Å². The molecule has 1 aromatic rings. The average Bonchev–Trinajstić information content (AvgIpc) is 2.52. The minimum absolute atomic E-state index is 0.0808. The number of aliphatic carboxylic acids is 1. The van der Waals surface area contributed by atoms with Gasteiger partial charge in [-0.1, -0.05) is 18.2 Å². The highest BCUT2D eigenvalue weighted by atomic mass is 16.5. The van der Waals surface area contributed by atoms with Gasteiger partial charge >= 0.3 is 12.1 Å². The summed E-state index contributed by atoms with van der Waals surface area (Å²) in [5.74, 6) is -1.02. The van der Waals surface area contributed by atoms with Gasteiger partial charge in [0.2, 0.25) is 0 Å². The number of aldehydes is 1. The Labute approximate surface area is 128 Å². The molecular formula is C15H20N2O5. The van der Waals surface area contributed by atoms with E-state index in [1.165, 1.54) is 0 Å². The van der Waals surface area contributed by atoms with Crippen LogP contribution in [0.25, 0.3) is 0 Å². The Morgan fingerprint density at radius 1 is 1.36 bits per heavy atom. The van der Waals surface area contributed by atoms with Crippen LogP contribution in [0.4, 0.5) is 4.79 Å². The Morgan fingerprint density at radius 2 is 2.14 bits per heavy atom. The van der Waals surface area contributed by atoms with Crippen LogP contribution >= 0.6 is 0 Å². The van der Waals surface area contributed by atoms with Gasteiger partial charge < -0.3 is 20.9 Å². The molecule has 1 aromatic carbocycles. The fraction of sp³-hybridized carbons (Fsp3) is 0.400. The molecule has 0 saturated heterocycles. The highest BCUT2D eigenvalue weighted by Crippen LogP contribution is 2.05. The summed E-state index contributed by atoms with van der Waals surface area (Å²) in [7, 11) is 0. The summed E-state index contributed by atoms with van der Waals surface area (Å²) in [6.45, 7) is 0.469. The van der Waals surface area contributed by atoms with E-state index >= 15 is 0 Å². The third-order valence-corrected chi connectivity index (χ3v) is 2.99. The maximum Gasteiger partial charge on any atom is 0.407 e. The minimum atomic E-state index is -1.02. The highest BCUT2D eigenvalue weighted by Gasteiger charge is 2.10. The van der Waals surface area contributed by atoms with Crippen molar-refractivity contribution >= 4 is 18.3 Å². The van der Waals surface area contributed by atoms with Crippen molar-refractivity contribution in [1.82, 2.24) is 5.32 Å². The van der Waals surface area contributed by atoms with Crippen molar-refractivity contribution in [2.75, 3.05) is 6.54 Å². The van der Waals surface area contributed by atoms with E-state index in [0.29, 0.717) is 31.4 Å². The highest BCUT2D eigenvalue weighted by molar-refractivity contribution is 5.75. The van der Waals surface area contributed by atoms with Gasteiger partial charge in [-0.05, 0) is 30.9 Å². The predicted octanol–water partition coefficient (Wildman–Crippen LogP) is 1.31. The van der Waals surface area contributed by atoms with Crippen LogP contribution in [0, 0.1) is 0 Å². The molecule has 1 amide bonds. The van der Waals surface area contributed by atoms with Gasteiger partial charge in [0.25, 0.3) is 0 Å². The SMILES string of the molecule is NC(CCCCNC(=O)OCc1cccc(C=O)c1)C(=O)O. The first-order valence-corrected chi connectivity index (χ1v) is 6.96. The number of ether oxygens (including phenoxy) is 1. The number of hydrogen-bond acceptors (Lipinski definition) is 5. The van der Waals surface area contributed by atoms with E-state index in [9.17, 15) is 14.4 Å². The zero-order valence-corrected chi connectivity index (χ0v) is 12.2. The van der Waals surface area contributed by atoms with Crippen LogP contribution in [-0.4, -0.2) is 36.0 Å². The smallest absolute Gasteiger partial charge is 0.407 e. The number of benzene rings is 1. The summed E-state index contributed by atoms with van der Waals surface area (Å²) < 4.78 is 5.01. The van der Waals surface area contributed by atoms with Crippen LogP contribution < -0.4 is 11.1 Å². The van der Waals surface area contributed by atoms with E-state index in [4.69, 9.17) is 15.6 Å². The lowest BCUT2D eigenvalue weighted by Crippen LogP contribution is -2.30. The van der Waals surface area contributed by atoms with Gasteiger partial charge in [-0.2, -0.15) is 0 Å². The molecule has 0 heterocycles. The van der Waals surface area contributed by atoms with Gasteiger partial charge in [0.1, 0.15) is 18.9 Å². The number of rotatable bonds is 9. The molecule has 0 bridgehead atoms. The lowest BCUT2D eigenvalue weighted by Gasteiger charge is -2.08. The van der Waals surface area contributed by atoms with Crippen molar-refractivity contribution in [3.05, 3.63) is 35.4 Å². The van der Waals surface area contributed by atoms with E-state index in [0.717, 1.165) is 11.8 Å². The van der Waals surface area contributed by atoms with Crippen LogP contribution in [-0.2, 0) is 16.1 Å². The second kappa shape index (κ2) is 9.51. The number of nitrogens with two attached hydrogens (primary N) is 1. The maximum atomic E-state index is 11.5. The summed E-state index contributed by atoms with van der Waals surface area (Å²) in [6.07, 6.45) is 1.76. The Kier molecular flexibility index (Phi) is 7.63. The number of carboxylic acids is 1. The number of nitrogens with one attached hydrogen (secondary N) is 1. The fourth-order valence-electron chi connectivity index (χ4n) is 1.76. The van der Waals surface area contributed by atoms with Crippen molar-refractivity contribution in [2.45, 2.75) is 31.9 Å². The molecule has 0 aliphatic carbocycles. The third-order valence-electron chi connectivity index (χ3n) is 2.99. The number of carboxylic acid groups (broad SMARTS) is 1. The van der Waals surface area contributed by atoms with E-state index in [2.05, 4.69) is 5.32 Å². The van der Waals surface area contributed by atoms with Crippen molar-refractivity contribution in [1.29, 1.82) is 0 Å². The summed E-state index contributed by atoms with van der Waals surface area (Å²) in [6, 6.07) is 5.92. The third kappa shape index (κ3) is 6.85. The molecule has 0 aliphatic heterocycles. The number of carbonyl (C=O) groups excluding carboxylic acids is 2. The molecular weight excluding hydrogens is 288 g/mol. The zero-order chi connectivity index (χ0) is 16.4. The van der Waals surface area contributed by atoms with E-state index in [-0.39, 0.29) is 6.61 Å². The molecule has 1 atom stereocenters. The Balaban J connectivity index is 2.16. The molecule has 0 aliphatic rings. The molecule has 0 fully saturated rings. The second-order valence-electron chi connectivity index (χ2n) is 4.81. The van der Waals surface area contributed by atoms with Crippen LogP contribution in [0.3, 0.4) is 0 Å². The quantitative estimate of drug-likeness (QED) is 0.467. The lowest BCUT2D eigenvalue weighted by molar-refractivity contribution is -0.138. The topological polar surface area (TPSA) is 119 Å². The van der Waals surface area contributed by atoms with Gasteiger partial charge in [-0.15, -0.1) is 0 Å². The van der Waals surface area contributed by atoms with Gasteiger partial charge in [0, 0.05) is 12.1 Å². The van der Waals surface area contributed by atoms with Gasteiger partial charge in [0.15, 0.2) is 0 Å². The Morgan fingerprint density at radius 3 is 2.82 bits per heavy atom. The standard InChI is InChI=1S/C15H20N2O5/c16-13(14(19)20)6-1-2-7-17-15(21)22-10-12-5-3-4-11(8-12)9-18/h3-5,8-9,13H,1-2,6-7,10,16H2,(H,17,21)(H,19,20). The van der Waals surface area contributed by atoms with Gasteiger partial charge in [-0.3, -0.25) is 9.59 Å². The number of unbranched alkanes of at least 4 members (excludes halogenated alkanes) is 1. The van der Waals surface area contributed by atoms with Crippen molar-refractivity contribution < 1.29 is 24.2 Å². The van der Waals surface area contributed by atoms with Crippen molar-refractivity contribution in [2.24, 2.45) is 5.73 Å². The lowest BCUT2D eigenvalue weighted by atomic mass is 10.1. The maximum absolute atomic E-state index is 11.5. The van der Waals surface area contributed by atoms with Crippen LogP contribution in [0.2, 0.25) is 0 Å². The molecule has 7 nitrogen and oxygen atoms in total. The predicted molar refractivity (Wildman–Crippen MR) is 79.5 cm³/mol. The molecule has 1 rings (SSSR count). The molecule has 120 valence electrons. The van der Waals surface area contributed by atoms with Crippen molar-refractivity contribution in [3.63, 3.8) is 0 Å². The minimum Gasteiger partial charge on any atom is -0.480 e. The first-order valence-electron chi connectivity index (χ1n) is 6.96. The second-order valence-corrected chi connectivity index (χ2v) is 4.81. The number of amides is 1. The number of carbonyl (C=O) groups is 3. The Bertz CT molecular complexity index is 518. The molecule has 0 radical (unpaired) electrons. The number of hydrogen-bond donors (Lipinski definition) is 3. The van der Waals surface area contributed by atoms with E-state index < -0.39 is 18.1 Å². The molecule has 0 aromatic heterocycles. The fourth-order valence-corrected chi connectivity index (χ4v) is 1.76. The summed E-state index contributed by atoms with van der Waals surface area (Å²) in [4.78, 5) is 32.6. The summed E-state index contributed by atoms with van der Waals surface area (Å²) in [5.41, 5.74) is 6.61. The first kappa shape index (κ1) is 17.6. The number of alkyl carbamates (subject to hydrolysis) is 1. The van der Waals surface area contributed by atoms with Crippen molar-refractivity contribution in [3.8, 4) is 0 Å². The largest absolute Gasteiger partial charge is 0.480 e. The summed E-state index contributed by atoms with van der Waals surface area (Å²) >= 11 is 0. The van der Waals surface area contributed by atoms with Crippen LogP contribution in [0.1, 0.15) is 35.2 Å². The zero-order valence-electron chi connectivity index (χ0n) is 12.2. The normalized spacial score (nSPS) is 11.5. The molecule has 0 saturated carbocycles. The van der Waals surface area contributed by atoms with E-state index in [1.54, 1.807) is 24.3 Å². The molecule has 4 N–H and O–H groups in total. The van der Waals surface area contributed by atoms with E-state index in [1.807, 2.05) is 0 Å². The molecule has 0 spiro atoms. The van der Waals surface area contributed by atoms with Crippen LogP contribution in [0.5, 0.6) is 0 Å².